The molecule has 2 atom stereocenters. The zero-order chi connectivity index (χ0) is 13.9. The summed E-state index contributed by atoms with van der Waals surface area (Å²) in [5.41, 5.74) is 1.24. The molecule has 20 heavy (non-hydrogen) atoms. The van der Waals surface area contributed by atoms with Crippen LogP contribution in [0.4, 0.5) is 5.95 Å². The smallest absolute Gasteiger partial charge is 0.205 e. The third-order valence-corrected chi connectivity index (χ3v) is 4.80. The van der Waals surface area contributed by atoms with E-state index in [9.17, 15) is 0 Å². The van der Waals surface area contributed by atoms with Gasteiger partial charge in [0.2, 0.25) is 5.95 Å². The van der Waals surface area contributed by atoms with Crippen LogP contribution in [-0.2, 0) is 13.0 Å². The van der Waals surface area contributed by atoms with E-state index in [1.807, 2.05) is 0 Å². The maximum Gasteiger partial charge on any atom is 0.205 e. The van der Waals surface area contributed by atoms with Gasteiger partial charge in [0.1, 0.15) is 0 Å². The van der Waals surface area contributed by atoms with Crippen molar-refractivity contribution in [3.8, 4) is 0 Å². The van der Waals surface area contributed by atoms with Crippen molar-refractivity contribution in [1.82, 2.24) is 14.9 Å². The van der Waals surface area contributed by atoms with Gasteiger partial charge in [-0.2, -0.15) is 0 Å². The second kappa shape index (κ2) is 6.17. The molecule has 0 radical (unpaired) electrons. The molecule has 1 aromatic rings. The van der Waals surface area contributed by atoms with Crippen molar-refractivity contribution in [2.45, 2.75) is 58.5 Å². The molecule has 4 heteroatoms. The Morgan fingerprint density at radius 3 is 3.00 bits per heavy atom. The molecule has 3 heterocycles. The molecule has 2 fully saturated rings. The zero-order valence-electron chi connectivity index (χ0n) is 12.9. The lowest BCUT2D eigenvalue weighted by atomic mass is 9.94. The van der Waals surface area contributed by atoms with Crippen molar-refractivity contribution in [3.63, 3.8) is 0 Å². The Bertz CT molecular complexity index is 426. The second-order valence-electron chi connectivity index (χ2n) is 6.30. The van der Waals surface area contributed by atoms with Crippen LogP contribution < -0.4 is 10.2 Å². The molecule has 0 amide bonds. The molecule has 0 unspecified atom stereocenters. The molecule has 3 rings (SSSR count). The third-order valence-electron chi connectivity index (χ3n) is 4.80. The fourth-order valence-electron chi connectivity index (χ4n) is 3.58. The molecular weight excluding hydrogens is 248 g/mol. The molecule has 4 nitrogen and oxygen atoms in total. The van der Waals surface area contributed by atoms with Gasteiger partial charge in [-0.3, -0.25) is 0 Å². The molecule has 0 bridgehead atoms. The highest BCUT2D eigenvalue weighted by Crippen LogP contribution is 2.29. The molecule has 1 N–H and O–H groups in total. The lowest BCUT2D eigenvalue weighted by molar-refractivity contribution is 0.340. The molecule has 2 aliphatic heterocycles. The number of piperidine rings is 1. The monoisotopic (exact) mass is 276 g/mol. The van der Waals surface area contributed by atoms with Crippen molar-refractivity contribution >= 4 is 5.95 Å². The number of aryl methyl sites for hydroxylation is 2. The highest BCUT2D eigenvalue weighted by Gasteiger charge is 2.35. The predicted molar refractivity (Wildman–Crippen MR) is 83.2 cm³/mol. The molecule has 0 aromatic carbocycles. The normalized spacial score (nSPS) is 26.0. The molecule has 0 aliphatic carbocycles. The van der Waals surface area contributed by atoms with Crippen LogP contribution in [0, 0.1) is 5.92 Å². The summed E-state index contributed by atoms with van der Waals surface area (Å²) in [5, 5.41) is 3.69. The van der Waals surface area contributed by atoms with Gasteiger partial charge in [0.15, 0.2) is 0 Å². The highest BCUT2D eigenvalue weighted by atomic mass is 15.3. The van der Waals surface area contributed by atoms with E-state index in [-0.39, 0.29) is 0 Å². The van der Waals surface area contributed by atoms with Gasteiger partial charge in [-0.25, -0.2) is 4.98 Å². The summed E-state index contributed by atoms with van der Waals surface area (Å²) < 4.78 is 2.39. The summed E-state index contributed by atoms with van der Waals surface area (Å²) in [6, 6.07) is 0.685. The summed E-state index contributed by atoms with van der Waals surface area (Å²) in [7, 11) is 0. The first kappa shape index (κ1) is 13.9. The van der Waals surface area contributed by atoms with Crippen LogP contribution in [0.2, 0.25) is 0 Å². The molecule has 1 aromatic heterocycles. The van der Waals surface area contributed by atoms with Gasteiger partial charge >= 0.3 is 0 Å². The first-order valence-electron chi connectivity index (χ1n) is 8.36. The lowest BCUT2D eigenvalue weighted by Gasteiger charge is -2.24. The summed E-state index contributed by atoms with van der Waals surface area (Å²) >= 11 is 0. The number of anilines is 1. The van der Waals surface area contributed by atoms with Crippen molar-refractivity contribution < 1.29 is 0 Å². The topological polar surface area (TPSA) is 33.1 Å². The third kappa shape index (κ3) is 2.71. The second-order valence-corrected chi connectivity index (χ2v) is 6.30. The summed E-state index contributed by atoms with van der Waals surface area (Å²) in [6.45, 7) is 9.08. The van der Waals surface area contributed by atoms with E-state index in [1.54, 1.807) is 0 Å². The number of fused-ring (bicyclic) bond motifs is 1. The number of aromatic nitrogens is 2. The summed E-state index contributed by atoms with van der Waals surface area (Å²) in [5.74, 6) is 2.04. The fourth-order valence-corrected chi connectivity index (χ4v) is 3.58. The van der Waals surface area contributed by atoms with Crippen LogP contribution in [0.25, 0.3) is 0 Å². The maximum absolute atomic E-state index is 4.88. The highest BCUT2D eigenvalue weighted by molar-refractivity contribution is 5.36. The van der Waals surface area contributed by atoms with E-state index in [0.717, 1.165) is 25.4 Å². The Morgan fingerprint density at radius 1 is 1.35 bits per heavy atom. The van der Waals surface area contributed by atoms with Gasteiger partial charge in [0, 0.05) is 31.9 Å². The van der Waals surface area contributed by atoms with Gasteiger partial charge in [-0.1, -0.05) is 20.3 Å². The Kier molecular flexibility index (Phi) is 4.29. The Hall–Kier alpha value is -1.03. The van der Waals surface area contributed by atoms with Gasteiger partial charge in [0.05, 0.1) is 5.69 Å². The SMILES string of the molecule is CCCCn1cc(CC)nc1N1C[C@@H]2CCCN[C@@H]2C1. The Balaban J connectivity index is 1.76. The van der Waals surface area contributed by atoms with Crippen molar-refractivity contribution in [2.24, 2.45) is 5.92 Å². The van der Waals surface area contributed by atoms with Crippen LogP contribution in [0.3, 0.4) is 0 Å². The fraction of sp³-hybridized carbons (Fsp3) is 0.812. The van der Waals surface area contributed by atoms with E-state index in [1.165, 1.54) is 50.4 Å². The average Bonchev–Trinajstić information content (AvgIpc) is 3.08. The average molecular weight is 276 g/mol. The minimum absolute atomic E-state index is 0.685. The Labute approximate surface area is 122 Å². The molecular formula is C16H28N4. The number of unbranched alkanes of at least 4 members (excludes halogenated alkanes) is 1. The zero-order valence-corrected chi connectivity index (χ0v) is 12.9. The van der Waals surface area contributed by atoms with Crippen LogP contribution in [-0.4, -0.2) is 35.2 Å². The van der Waals surface area contributed by atoms with Crippen LogP contribution >= 0.6 is 0 Å². The van der Waals surface area contributed by atoms with Gasteiger partial charge in [-0.05, 0) is 38.1 Å². The molecule has 2 aliphatic rings. The predicted octanol–water partition coefficient (Wildman–Crippen LogP) is 2.43. The van der Waals surface area contributed by atoms with Gasteiger partial charge in [-0.15, -0.1) is 0 Å². The first-order chi connectivity index (χ1) is 9.81. The number of nitrogens with zero attached hydrogens (tertiary/aromatic N) is 3. The minimum atomic E-state index is 0.685. The number of nitrogens with one attached hydrogen (secondary N) is 1. The largest absolute Gasteiger partial charge is 0.340 e. The van der Waals surface area contributed by atoms with E-state index in [4.69, 9.17) is 4.98 Å². The maximum atomic E-state index is 4.88. The van der Waals surface area contributed by atoms with Crippen molar-refractivity contribution in [2.75, 3.05) is 24.5 Å². The first-order valence-corrected chi connectivity index (χ1v) is 8.36. The molecule has 0 saturated carbocycles. The van der Waals surface area contributed by atoms with Gasteiger partial charge in [0.25, 0.3) is 0 Å². The quantitative estimate of drug-likeness (QED) is 0.896. The minimum Gasteiger partial charge on any atom is -0.340 e. The number of hydrogen-bond donors (Lipinski definition) is 1. The van der Waals surface area contributed by atoms with Crippen LogP contribution in [0.5, 0.6) is 0 Å². The van der Waals surface area contributed by atoms with E-state index < -0.39 is 0 Å². The number of hydrogen-bond acceptors (Lipinski definition) is 3. The summed E-state index contributed by atoms with van der Waals surface area (Å²) in [6.07, 6.45) is 8.49. The number of rotatable bonds is 5. The van der Waals surface area contributed by atoms with Crippen molar-refractivity contribution in [1.29, 1.82) is 0 Å². The molecule has 0 spiro atoms. The van der Waals surface area contributed by atoms with Crippen LogP contribution in [0.1, 0.15) is 45.2 Å². The van der Waals surface area contributed by atoms with E-state index in [0.29, 0.717) is 6.04 Å². The van der Waals surface area contributed by atoms with Crippen LogP contribution in [0.15, 0.2) is 6.20 Å². The van der Waals surface area contributed by atoms with Gasteiger partial charge < -0.3 is 14.8 Å². The lowest BCUT2D eigenvalue weighted by Crippen LogP contribution is -2.40. The van der Waals surface area contributed by atoms with Crippen molar-refractivity contribution in [3.05, 3.63) is 11.9 Å². The Morgan fingerprint density at radius 2 is 2.25 bits per heavy atom. The molecule has 112 valence electrons. The standard InChI is InChI=1S/C16H28N4/c1-3-5-9-19-11-14(4-2)18-16(19)20-10-13-7-6-8-17-15(13)12-20/h11,13,15,17H,3-10,12H2,1-2H3/t13-,15+/m0/s1. The number of imidazole rings is 1. The van der Waals surface area contributed by atoms with E-state index in [2.05, 4.69) is 34.8 Å². The summed E-state index contributed by atoms with van der Waals surface area (Å²) in [4.78, 5) is 7.40. The van der Waals surface area contributed by atoms with E-state index >= 15 is 0 Å². The molecule has 2 saturated heterocycles.